The van der Waals surface area contributed by atoms with Crippen molar-refractivity contribution in [2.24, 2.45) is 0 Å². The van der Waals surface area contributed by atoms with Crippen LogP contribution in [-0.4, -0.2) is 17.5 Å². The largest absolute Gasteiger partial charge is 0.493 e. The molecular formula is C16H13BrN2O2S. The van der Waals surface area contributed by atoms with Crippen LogP contribution < -0.4 is 10.1 Å². The average molecular weight is 377 g/mol. The Hall–Kier alpha value is -1.92. The van der Waals surface area contributed by atoms with Crippen molar-refractivity contribution in [3.05, 3.63) is 53.0 Å². The number of hydrogen-bond donors (Lipinski definition) is 1. The second-order valence-corrected chi connectivity index (χ2v) is 6.54. The van der Waals surface area contributed by atoms with E-state index in [0.29, 0.717) is 11.7 Å². The summed E-state index contributed by atoms with van der Waals surface area (Å²) in [6.07, 6.45) is 0.280. The Bertz CT molecular complexity index is 770. The average Bonchev–Trinajstić information content (AvgIpc) is 2.89. The molecule has 0 fully saturated rings. The number of amides is 1. The van der Waals surface area contributed by atoms with Crippen molar-refractivity contribution in [1.82, 2.24) is 4.98 Å². The summed E-state index contributed by atoms with van der Waals surface area (Å²) in [5.41, 5.74) is 0.896. The number of para-hydroxylation sites is 1. The van der Waals surface area contributed by atoms with Gasteiger partial charge in [-0.05, 0) is 30.3 Å². The van der Waals surface area contributed by atoms with E-state index in [4.69, 9.17) is 4.74 Å². The number of benzene rings is 2. The lowest BCUT2D eigenvalue weighted by atomic mass is 10.3. The Balaban J connectivity index is 1.52. The van der Waals surface area contributed by atoms with Gasteiger partial charge in [0, 0.05) is 4.47 Å². The molecule has 4 nitrogen and oxygen atoms in total. The molecule has 0 unspecified atom stereocenters. The number of ether oxygens (including phenoxy) is 1. The molecule has 3 aromatic rings. The number of anilines is 1. The van der Waals surface area contributed by atoms with E-state index in [2.05, 4.69) is 26.2 Å². The predicted octanol–water partition coefficient (Wildman–Crippen LogP) is 4.47. The van der Waals surface area contributed by atoms with Gasteiger partial charge in [0.25, 0.3) is 0 Å². The molecule has 0 aliphatic carbocycles. The van der Waals surface area contributed by atoms with Crippen LogP contribution in [0.5, 0.6) is 5.75 Å². The van der Waals surface area contributed by atoms with Gasteiger partial charge in [0.1, 0.15) is 5.75 Å². The summed E-state index contributed by atoms with van der Waals surface area (Å²) in [5, 5.41) is 3.43. The zero-order chi connectivity index (χ0) is 15.4. The van der Waals surface area contributed by atoms with E-state index in [9.17, 15) is 4.79 Å². The second-order valence-electron chi connectivity index (χ2n) is 4.59. The number of aromatic nitrogens is 1. The van der Waals surface area contributed by atoms with Crippen LogP contribution in [0.15, 0.2) is 53.0 Å². The van der Waals surface area contributed by atoms with Crippen molar-refractivity contribution >= 4 is 48.5 Å². The van der Waals surface area contributed by atoms with Gasteiger partial charge in [-0.1, -0.05) is 45.5 Å². The third kappa shape index (κ3) is 3.84. The van der Waals surface area contributed by atoms with E-state index >= 15 is 0 Å². The fourth-order valence-corrected chi connectivity index (χ4v) is 3.19. The lowest BCUT2D eigenvalue weighted by molar-refractivity contribution is -0.116. The van der Waals surface area contributed by atoms with Crippen LogP contribution in [0.1, 0.15) is 6.42 Å². The Labute approximate surface area is 140 Å². The van der Waals surface area contributed by atoms with Crippen LogP contribution >= 0.6 is 27.3 Å². The molecule has 1 N–H and O–H groups in total. The van der Waals surface area contributed by atoms with Crippen molar-refractivity contribution < 1.29 is 9.53 Å². The first-order valence-corrected chi connectivity index (χ1v) is 8.35. The van der Waals surface area contributed by atoms with Crippen LogP contribution in [0.4, 0.5) is 5.13 Å². The molecule has 0 spiro atoms. The number of carbonyl (C=O) groups is 1. The number of thiazole rings is 1. The highest BCUT2D eigenvalue weighted by Crippen LogP contribution is 2.25. The molecular weight excluding hydrogens is 364 g/mol. The zero-order valence-corrected chi connectivity index (χ0v) is 14.0. The Morgan fingerprint density at radius 2 is 2.09 bits per heavy atom. The number of hydrogen-bond acceptors (Lipinski definition) is 4. The van der Waals surface area contributed by atoms with Gasteiger partial charge in [0.2, 0.25) is 5.91 Å². The van der Waals surface area contributed by atoms with Crippen LogP contribution in [0.2, 0.25) is 0 Å². The maximum atomic E-state index is 11.9. The first-order valence-electron chi connectivity index (χ1n) is 6.74. The first kappa shape index (κ1) is 15.0. The van der Waals surface area contributed by atoms with Crippen molar-refractivity contribution in [2.75, 3.05) is 11.9 Å². The summed E-state index contributed by atoms with van der Waals surface area (Å²) >= 11 is 4.85. The standard InChI is InChI=1S/C16H13BrN2O2S/c17-11-4-3-5-12(10-11)21-9-8-15(20)19-16-18-13-6-1-2-7-14(13)22-16/h1-7,10H,8-9H2,(H,18,19,20). The summed E-state index contributed by atoms with van der Waals surface area (Å²) in [6.45, 7) is 0.327. The van der Waals surface area contributed by atoms with Gasteiger partial charge in [-0.2, -0.15) is 0 Å². The van der Waals surface area contributed by atoms with Crippen LogP contribution in [0.3, 0.4) is 0 Å². The highest BCUT2D eigenvalue weighted by Gasteiger charge is 2.07. The highest BCUT2D eigenvalue weighted by molar-refractivity contribution is 9.10. The van der Waals surface area contributed by atoms with E-state index in [1.807, 2.05) is 48.5 Å². The van der Waals surface area contributed by atoms with Crippen LogP contribution in [0, 0.1) is 0 Å². The van der Waals surface area contributed by atoms with Crippen LogP contribution in [-0.2, 0) is 4.79 Å². The zero-order valence-electron chi connectivity index (χ0n) is 11.6. The molecule has 0 radical (unpaired) electrons. The maximum Gasteiger partial charge on any atom is 0.229 e. The van der Waals surface area contributed by atoms with Crippen molar-refractivity contribution in [3.8, 4) is 5.75 Å². The Kier molecular flexibility index (Phi) is 4.70. The van der Waals surface area contributed by atoms with E-state index in [1.54, 1.807) is 0 Å². The SMILES string of the molecule is O=C(CCOc1cccc(Br)c1)Nc1nc2ccccc2s1. The summed E-state index contributed by atoms with van der Waals surface area (Å²) in [6, 6.07) is 15.3. The van der Waals surface area contributed by atoms with Gasteiger partial charge >= 0.3 is 0 Å². The molecule has 1 aromatic heterocycles. The lowest BCUT2D eigenvalue weighted by Crippen LogP contribution is -2.15. The first-order chi connectivity index (χ1) is 10.7. The van der Waals surface area contributed by atoms with E-state index in [0.717, 1.165) is 20.4 Å². The fourth-order valence-electron chi connectivity index (χ4n) is 1.93. The van der Waals surface area contributed by atoms with Gasteiger partial charge < -0.3 is 10.1 Å². The lowest BCUT2D eigenvalue weighted by Gasteiger charge is -2.06. The van der Waals surface area contributed by atoms with E-state index < -0.39 is 0 Å². The predicted molar refractivity (Wildman–Crippen MR) is 92.5 cm³/mol. The van der Waals surface area contributed by atoms with E-state index in [1.165, 1.54) is 11.3 Å². The van der Waals surface area contributed by atoms with Crippen molar-refractivity contribution in [3.63, 3.8) is 0 Å². The van der Waals surface area contributed by atoms with E-state index in [-0.39, 0.29) is 12.3 Å². The number of carbonyl (C=O) groups excluding carboxylic acids is 1. The topological polar surface area (TPSA) is 51.2 Å². The van der Waals surface area contributed by atoms with Gasteiger partial charge in [0.15, 0.2) is 5.13 Å². The summed E-state index contributed by atoms with van der Waals surface area (Å²) in [4.78, 5) is 16.3. The molecule has 22 heavy (non-hydrogen) atoms. The minimum atomic E-state index is -0.103. The number of nitrogens with zero attached hydrogens (tertiary/aromatic N) is 1. The van der Waals surface area contributed by atoms with Crippen LogP contribution in [0.25, 0.3) is 10.2 Å². The molecule has 112 valence electrons. The van der Waals surface area contributed by atoms with Gasteiger partial charge in [-0.25, -0.2) is 4.98 Å². The van der Waals surface area contributed by atoms with Gasteiger partial charge in [-0.15, -0.1) is 0 Å². The summed E-state index contributed by atoms with van der Waals surface area (Å²) in [7, 11) is 0. The number of fused-ring (bicyclic) bond motifs is 1. The maximum absolute atomic E-state index is 11.9. The molecule has 1 amide bonds. The third-order valence-corrected chi connectivity index (χ3v) is 4.38. The molecule has 2 aromatic carbocycles. The van der Waals surface area contributed by atoms with Gasteiger partial charge in [-0.3, -0.25) is 4.79 Å². The number of rotatable bonds is 5. The smallest absolute Gasteiger partial charge is 0.229 e. The number of nitrogens with one attached hydrogen (secondary N) is 1. The minimum Gasteiger partial charge on any atom is -0.493 e. The van der Waals surface area contributed by atoms with Crippen molar-refractivity contribution in [2.45, 2.75) is 6.42 Å². The molecule has 0 aliphatic rings. The normalized spacial score (nSPS) is 10.6. The molecule has 0 bridgehead atoms. The Morgan fingerprint density at radius 1 is 1.23 bits per heavy atom. The fraction of sp³-hybridized carbons (Fsp3) is 0.125. The molecule has 0 atom stereocenters. The monoisotopic (exact) mass is 376 g/mol. The molecule has 1 heterocycles. The summed E-state index contributed by atoms with van der Waals surface area (Å²) in [5.74, 6) is 0.635. The highest BCUT2D eigenvalue weighted by atomic mass is 79.9. The quantitative estimate of drug-likeness (QED) is 0.714. The third-order valence-electron chi connectivity index (χ3n) is 2.93. The minimum absolute atomic E-state index is 0.103. The Morgan fingerprint density at radius 3 is 2.91 bits per heavy atom. The number of halogens is 1. The molecule has 0 saturated heterocycles. The summed E-state index contributed by atoms with van der Waals surface area (Å²) < 4.78 is 7.55. The van der Waals surface area contributed by atoms with Gasteiger partial charge in [0.05, 0.1) is 23.2 Å². The molecule has 3 rings (SSSR count). The molecule has 0 saturated carbocycles. The molecule has 6 heteroatoms. The molecule has 0 aliphatic heterocycles. The second kappa shape index (κ2) is 6.89. The van der Waals surface area contributed by atoms with Crippen molar-refractivity contribution in [1.29, 1.82) is 0 Å².